The summed E-state index contributed by atoms with van der Waals surface area (Å²) in [5.74, 6) is 1.22. The van der Waals surface area contributed by atoms with Crippen LogP contribution in [0.15, 0.2) is 29.1 Å². The van der Waals surface area contributed by atoms with Crippen molar-refractivity contribution in [3.63, 3.8) is 0 Å². The Labute approximate surface area is 133 Å². The number of nitrogens with zero attached hydrogens (tertiary/aromatic N) is 1. The van der Waals surface area contributed by atoms with E-state index in [4.69, 9.17) is 27.4 Å². The van der Waals surface area contributed by atoms with E-state index in [1.807, 2.05) is 16.7 Å². The predicted octanol–water partition coefficient (Wildman–Crippen LogP) is 1.94. The smallest absolute Gasteiger partial charge is 0.252 e. The van der Waals surface area contributed by atoms with Crippen molar-refractivity contribution in [2.75, 3.05) is 20.8 Å². The van der Waals surface area contributed by atoms with Crippen molar-refractivity contribution in [2.45, 2.75) is 13.0 Å². The molecule has 6 nitrogen and oxygen atoms in total. The lowest BCUT2D eigenvalue weighted by atomic mass is 10.1. The molecule has 1 aromatic heterocycles. The first kappa shape index (κ1) is 16.3. The summed E-state index contributed by atoms with van der Waals surface area (Å²) in [6.45, 7) is 1.18. The van der Waals surface area contributed by atoms with Gasteiger partial charge in [-0.15, -0.1) is 0 Å². The minimum atomic E-state index is -0.237. The highest BCUT2D eigenvalue weighted by Gasteiger charge is 2.10. The molecule has 0 fully saturated rings. The molecule has 0 aliphatic heterocycles. The zero-order valence-electron chi connectivity index (χ0n) is 12.6. The fourth-order valence-corrected chi connectivity index (χ4v) is 2.52. The highest BCUT2D eigenvalue weighted by Crippen LogP contribution is 2.31. The molecule has 3 N–H and O–H groups in total. The van der Waals surface area contributed by atoms with E-state index in [2.05, 4.69) is 4.98 Å². The van der Waals surface area contributed by atoms with E-state index in [1.54, 1.807) is 20.3 Å². The van der Waals surface area contributed by atoms with Gasteiger partial charge in [0, 0.05) is 18.2 Å². The molecule has 0 unspecified atom stereocenters. The van der Waals surface area contributed by atoms with Crippen LogP contribution < -0.4 is 20.8 Å². The second-order valence-electron chi connectivity index (χ2n) is 4.69. The highest BCUT2D eigenvalue weighted by molar-refractivity contribution is 7.71. The number of nitrogens with two attached hydrogens (primary N) is 1. The van der Waals surface area contributed by atoms with Gasteiger partial charge in [-0.3, -0.25) is 9.78 Å². The summed E-state index contributed by atoms with van der Waals surface area (Å²) in [6.07, 6.45) is 0.765. The van der Waals surface area contributed by atoms with Crippen molar-refractivity contribution in [3.05, 3.63) is 39.4 Å². The quantitative estimate of drug-likeness (QED) is 0.795. The summed E-state index contributed by atoms with van der Waals surface area (Å²) in [6, 6.07) is 7.00. The lowest BCUT2D eigenvalue weighted by Crippen LogP contribution is -2.16. The maximum absolute atomic E-state index is 11.8. The van der Waals surface area contributed by atoms with E-state index in [9.17, 15) is 4.79 Å². The number of benzene rings is 1. The molecule has 118 valence electrons. The molecule has 22 heavy (non-hydrogen) atoms. The van der Waals surface area contributed by atoms with E-state index in [-0.39, 0.29) is 5.56 Å². The van der Waals surface area contributed by atoms with E-state index >= 15 is 0 Å². The molecular formula is C15H19N3O3S. The van der Waals surface area contributed by atoms with E-state index in [0.29, 0.717) is 29.4 Å². The Morgan fingerprint density at radius 1 is 1.23 bits per heavy atom. The number of ether oxygens (including phenoxy) is 2. The highest BCUT2D eigenvalue weighted by atomic mass is 32.1. The molecule has 0 aliphatic carbocycles. The van der Waals surface area contributed by atoms with Crippen LogP contribution in [0.3, 0.4) is 0 Å². The number of H-pyrrole nitrogens is 1. The molecule has 2 rings (SSSR count). The first-order chi connectivity index (χ1) is 10.6. The number of aromatic amines is 1. The third kappa shape index (κ3) is 3.37. The normalized spacial score (nSPS) is 10.5. The van der Waals surface area contributed by atoms with Gasteiger partial charge < -0.3 is 19.8 Å². The van der Waals surface area contributed by atoms with Gasteiger partial charge >= 0.3 is 0 Å². The van der Waals surface area contributed by atoms with Crippen LogP contribution in [0.1, 0.15) is 6.42 Å². The van der Waals surface area contributed by atoms with Crippen molar-refractivity contribution in [1.82, 2.24) is 9.55 Å². The van der Waals surface area contributed by atoms with Gasteiger partial charge in [0.05, 0.1) is 19.9 Å². The monoisotopic (exact) mass is 321 g/mol. The molecule has 0 bridgehead atoms. The van der Waals surface area contributed by atoms with Crippen molar-refractivity contribution in [1.29, 1.82) is 0 Å². The predicted molar refractivity (Wildman–Crippen MR) is 88.1 cm³/mol. The number of methoxy groups -OCH3 is 2. The SMILES string of the molecule is COc1ccc(-c2cc(=O)[nH]c(=S)n2CCCN)cc1OC. The van der Waals surface area contributed by atoms with Crippen LogP contribution in [-0.2, 0) is 6.54 Å². The summed E-state index contributed by atoms with van der Waals surface area (Å²) < 4.78 is 12.8. The summed E-state index contributed by atoms with van der Waals surface area (Å²) in [4.78, 5) is 14.4. The van der Waals surface area contributed by atoms with Crippen LogP contribution >= 0.6 is 12.2 Å². The third-order valence-corrected chi connectivity index (χ3v) is 3.62. The average Bonchev–Trinajstić information content (AvgIpc) is 2.52. The zero-order valence-corrected chi connectivity index (χ0v) is 13.4. The fraction of sp³-hybridized carbons (Fsp3) is 0.333. The fourth-order valence-electron chi connectivity index (χ4n) is 2.23. The van der Waals surface area contributed by atoms with Gasteiger partial charge in [0.2, 0.25) is 0 Å². The molecule has 1 heterocycles. The molecule has 0 amide bonds. The van der Waals surface area contributed by atoms with Crippen molar-refractivity contribution in [3.8, 4) is 22.8 Å². The Hall–Kier alpha value is -2.12. The molecule has 0 saturated carbocycles. The van der Waals surface area contributed by atoms with Crippen LogP contribution in [0, 0.1) is 4.77 Å². The molecule has 0 spiro atoms. The lowest BCUT2D eigenvalue weighted by molar-refractivity contribution is 0.355. The number of hydrogen-bond acceptors (Lipinski definition) is 5. The lowest BCUT2D eigenvalue weighted by Gasteiger charge is -2.15. The van der Waals surface area contributed by atoms with Gasteiger partial charge in [-0.1, -0.05) is 0 Å². The van der Waals surface area contributed by atoms with Crippen LogP contribution in [0.4, 0.5) is 0 Å². The molecule has 0 atom stereocenters. The van der Waals surface area contributed by atoms with Crippen LogP contribution in [0.25, 0.3) is 11.3 Å². The minimum absolute atomic E-state index is 0.237. The topological polar surface area (TPSA) is 82.3 Å². The van der Waals surface area contributed by atoms with Gasteiger partial charge in [0.1, 0.15) is 0 Å². The van der Waals surface area contributed by atoms with Gasteiger partial charge in [0.25, 0.3) is 5.56 Å². The third-order valence-electron chi connectivity index (χ3n) is 3.30. The molecule has 1 aromatic carbocycles. The maximum Gasteiger partial charge on any atom is 0.252 e. The number of hydrogen-bond donors (Lipinski definition) is 2. The van der Waals surface area contributed by atoms with E-state index in [0.717, 1.165) is 17.7 Å². The number of aromatic nitrogens is 2. The van der Waals surface area contributed by atoms with E-state index < -0.39 is 0 Å². The van der Waals surface area contributed by atoms with Gasteiger partial charge in [-0.2, -0.15) is 0 Å². The summed E-state index contributed by atoms with van der Waals surface area (Å²) in [5, 5.41) is 0. The zero-order chi connectivity index (χ0) is 16.1. The second-order valence-corrected chi connectivity index (χ2v) is 5.07. The van der Waals surface area contributed by atoms with Gasteiger partial charge in [-0.25, -0.2) is 0 Å². The average molecular weight is 321 g/mol. The van der Waals surface area contributed by atoms with Crippen LogP contribution in [0.2, 0.25) is 0 Å². The number of nitrogens with one attached hydrogen (secondary N) is 1. The first-order valence-electron chi connectivity index (χ1n) is 6.87. The maximum atomic E-state index is 11.8. The molecule has 0 radical (unpaired) electrons. The molecular weight excluding hydrogens is 302 g/mol. The molecule has 2 aromatic rings. The summed E-state index contributed by atoms with van der Waals surface area (Å²) >= 11 is 5.26. The molecule has 0 aliphatic rings. The van der Waals surface area contributed by atoms with Crippen molar-refractivity contribution >= 4 is 12.2 Å². The second kappa shape index (κ2) is 7.24. The van der Waals surface area contributed by atoms with Gasteiger partial charge in [0.15, 0.2) is 16.3 Å². The first-order valence-corrected chi connectivity index (χ1v) is 7.28. The molecule has 0 saturated heterocycles. The Kier molecular flexibility index (Phi) is 5.35. The van der Waals surface area contributed by atoms with Crippen LogP contribution in [-0.4, -0.2) is 30.3 Å². The van der Waals surface area contributed by atoms with Crippen LogP contribution in [0.5, 0.6) is 11.5 Å². The van der Waals surface area contributed by atoms with E-state index in [1.165, 1.54) is 6.07 Å². The Morgan fingerprint density at radius 2 is 1.95 bits per heavy atom. The largest absolute Gasteiger partial charge is 0.493 e. The minimum Gasteiger partial charge on any atom is -0.493 e. The Morgan fingerprint density at radius 3 is 2.59 bits per heavy atom. The standard InChI is InChI=1S/C15H19N3O3S/c1-20-12-5-4-10(8-13(12)21-2)11-9-14(19)17-15(22)18(11)7-3-6-16/h4-5,8-9H,3,6-7,16H2,1-2H3,(H,17,19,22). The van der Waals surface area contributed by atoms with Gasteiger partial charge in [-0.05, 0) is 43.4 Å². The van der Waals surface area contributed by atoms with Crippen molar-refractivity contribution in [2.24, 2.45) is 5.73 Å². The Balaban J connectivity index is 2.60. The molecule has 7 heteroatoms. The summed E-state index contributed by atoms with van der Waals surface area (Å²) in [5.41, 5.74) is 6.89. The van der Waals surface area contributed by atoms with Crippen molar-refractivity contribution < 1.29 is 9.47 Å². The Bertz CT molecular complexity index is 767. The summed E-state index contributed by atoms with van der Waals surface area (Å²) in [7, 11) is 3.15. The number of rotatable bonds is 6.